The first-order valence-corrected chi connectivity index (χ1v) is 7.17. The Kier molecular flexibility index (Phi) is 4.89. The summed E-state index contributed by atoms with van der Waals surface area (Å²) in [6, 6.07) is 10.0. The molecule has 0 fully saturated rings. The molecule has 0 amide bonds. The molecule has 0 aliphatic rings. The standard InChI is InChI=1S/C15H13BrClFO2/c1-19-10-4-6-12(14(8-10)20-2)15(16)11-5-3-9(17)7-13(11)18/h3-8,15H,1-2H3. The van der Waals surface area contributed by atoms with Gasteiger partial charge in [0, 0.05) is 22.2 Å². The van der Waals surface area contributed by atoms with Gasteiger partial charge in [0.05, 0.1) is 19.0 Å². The number of hydrogen-bond acceptors (Lipinski definition) is 2. The lowest BCUT2D eigenvalue weighted by Gasteiger charge is -2.16. The topological polar surface area (TPSA) is 18.5 Å². The molecule has 0 N–H and O–H groups in total. The molecule has 0 bridgehead atoms. The highest BCUT2D eigenvalue weighted by Crippen LogP contribution is 2.39. The van der Waals surface area contributed by atoms with E-state index in [0.717, 1.165) is 5.56 Å². The minimum absolute atomic E-state index is 0.333. The van der Waals surface area contributed by atoms with Crippen LogP contribution in [0.2, 0.25) is 5.02 Å². The van der Waals surface area contributed by atoms with Gasteiger partial charge in [-0.2, -0.15) is 0 Å². The Bertz CT molecular complexity index is 619. The van der Waals surface area contributed by atoms with E-state index in [1.165, 1.54) is 6.07 Å². The summed E-state index contributed by atoms with van der Waals surface area (Å²) < 4.78 is 24.5. The second-order valence-corrected chi connectivity index (χ2v) is 5.49. The molecule has 0 radical (unpaired) electrons. The van der Waals surface area contributed by atoms with E-state index in [4.69, 9.17) is 21.1 Å². The third kappa shape index (κ3) is 3.07. The largest absolute Gasteiger partial charge is 0.497 e. The Morgan fingerprint density at radius 3 is 2.35 bits per heavy atom. The molecule has 1 unspecified atom stereocenters. The van der Waals surface area contributed by atoms with E-state index in [9.17, 15) is 4.39 Å². The van der Waals surface area contributed by atoms with Crippen molar-refractivity contribution in [2.75, 3.05) is 14.2 Å². The van der Waals surface area contributed by atoms with Crippen LogP contribution in [0.3, 0.4) is 0 Å². The Balaban J connectivity index is 2.44. The molecule has 2 aromatic carbocycles. The van der Waals surface area contributed by atoms with Crippen molar-refractivity contribution in [1.82, 2.24) is 0 Å². The summed E-state index contributed by atoms with van der Waals surface area (Å²) in [6.07, 6.45) is 0. The van der Waals surface area contributed by atoms with Gasteiger partial charge in [-0.15, -0.1) is 0 Å². The van der Waals surface area contributed by atoms with Crippen LogP contribution in [-0.4, -0.2) is 14.2 Å². The van der Waals surface area contributed by atoms with Crippen molar-refractivity contribution >= 4 is 27.5 Å². The average Bonchev–Trinajstić information content (AvgIpc) is 2.46. The van der Waals surface area contributed by atoms with Gasteiger partial charge in [0.2, 0.25) is 0 Å². The van der Waals surface area contributed by atoms with Gasteiger partial charge in [-0.1, -0.05) is 39.7 Å². The van der Waals surface area contributed by atoms with Crippen molar-refractivity contribution < 1.29 is 13.9 Å². The molecule has 0 aromatic heterocycles. The number of rotatable bonds is 4. The van der Waals surface area contributed by atoms with Crippen LogP contribution >= 0.6 is 27.5 Å². The van der Waals surface area contributed by atoms with Gasteiger partial charge in [-0.3, -0.25) is 0 Å². The SMILES string of the molecule is COc1ccc(C(Br)c2ccc(Cl)cc2F)c(OC)c1. The summed E-state index contributed by atoms with van der Waals surface area (Å²) in [5, 5.41) is 0.368. The first-order chi connectivity index (χ1) is 9.56. The normalized spacial score (nSPS) is 12.1. The van der Waals surface area contributed by atoms with Crippen molar-refractivity contribution in [3.8, 4) is 11.5 Å². The molecule has 1 atom stereocenters. The molecule has 2 nitrogen and oxygen atoms in total. The molecule has 0 spiro atoms. The van der Waals surface area contributed by atoms with Crippen LogP contribution in [0.1, 0.15) is 16.0 Å². The molecule has 2 aromatic rings. The zero-order valence-corrected chi connectivity index (χ0v) is 13.3. The van der Waals surface area contributed by atoms with Gasteiger partial charge in [0.1, 0.15) is 17.3 Å². The fourth-order valence-corrected chi connectivity index (χ4v) is 2.81. The summed E-state index contributed by atoms with van der Waals surface area (Å²) in [7, 11) is 3.15. The van der Waals surface area contributed by atoms with Crippen molar-refractivity contribution in [3.63, 3.8) is 0 Å². The van der Waals surface area contributed by atoms with Crippen molar-refractivity contribution in [3.05, 3.63) is 58.4 Å². The monoisotopic (exact) mass is 358 g/mol. The Hall–Kier alpha value is -1.26. The molecule has 0 saturated heterocycles. The third-order valence-corrected chi connectivity index (χ3v) is 4.17. The van der Waals surface area contributed by atoms with E-state index in [2.05, 4.69) is 15.9 Å². The molecule has 5 heteroatoms. The zero-order valence-electron chi connectivity index (χ0n) is 11.0. The van der Waals surface area contributed by atoms with Gasteiger partial charge in [0.15, 0.2) is 0 Å². The number of ether oxygens (including phenoxy) is 2. The highest BCUT2D eigenvalue weighted by molar-refractivity contribution is 9.09. The summed E-state index contributed by atoms with van der Waals surface area (Å²) in [6.45, 7) is 0. The van der Waals surface area contributed by atoms with Gasteiger partial charge < -0.3 is 9.47 Å². The smallest absolute Gasteiger partial charge is 0.129 e. The van der Waals surface area contributed by atoms with E-state index in [-0.39, 0.29) is 10.6 Å². The van der Waals surface area contributed by atoms with Crippen molar-refractivity contribution in [1.29, 1.82) is 0 Å². The Labute approximate surface area is 130 Å². The summed E-state index contributed by atoms with van der Waals surface area (Å²) in [5.74, 6) is 0.944. The minimum Gasteiger partial charge on any atom is -0.497 e. The summed E-state index contributed by atoms with van der Waals surface area (Å²) >= 11 is 9.27. The van der Waals surface area contributed by atoms with Crippen molar-refractivity contribution in [2.24, 2.45) is 0 Å². The maximum absolute atomic E-state index is 14.0. The number of halogens is 3. The van der Waals surface area contributed by atoms with E-state index in [1.807, 2.05) is 6.07 Å². The van der Waals surface area contributed by atoms with E-state index >= 15 is 0 Å². The van der Waals surface area contributed by atoms with Crippen LogP contribution in [-0.2, 0) is 0 Å². The lowest BCUT2D eigenvalue weighted by atomic mass is 10.0. The Morgan fingerprint density at radius 2 is 1.75 bits per heavy atom. The molecular weight excluding hydrogens is 347 g/mol. The molecule has 0 aliphatic carbocycles. The van der Waals surface area contributed by atoms with Crippen LogP contribution < -0.4 is 9.47 Å². The highest BCUT2D eigenvalue weighted by Gasteiger charge is 2.19. The fraction of sp³-hybridized carbons (Fsp3) is 0.200. The summed E-state index contributed by atoms with van der Waals surface area (Å²) in [4.78, 5) is -0.333. The zero-order chi connectivity index (χ0) is 14.7. The lowest BCUT2D eigenvalue weighted by molar-refractivity contribution is 0.391. The molecule has 0 aliphatic heterocycles. The maximum Gasteiger partial charge on any atom is 0.129 e. The van der Waals surface area contributed by atoms with Crippen molar-refractivity contribution in [2.45, 2.75) is 4.83 Å². The lowest BCUT2D eigenvalue weighted by Crippen LogP contribution is -2.00. The number of alkyl halides is 1. The van der Waals surface area contributed by atoms with Crippen LogP contribution in [0.4, 0.5) is 4.39 Å². The molecular formula is C15H13BrClFO2. The van der Waals surface area contributed by atoms with Crippen LogP contribution in [0.5, 0.6) is 11.5 Å². The van der Waals surface area contributed by atoms with E-state index in [0.29, 0.717) is 22.1 Å². The number of benzene rings is 2. The van der Waals surface area contributed by atoms with Gasteiger partial charge in [-0.25, -0.2) is 4.39 Å². The average molecular weight is 360 g/mol. The quantitative estimate of drug-likeness (QED) is 0.717. The molecule has 106 valence electrons. The second kappa shape index (κ2) is 6.46. The van der Waals surface area contributed by atoms with Crippen LogP contribution in [0.15, 0.2) is 36.4 Å². The molecule has 20 heavy (non-hydrogen) atoms. The van der Waals surface area contributed by atoms with Crippen LogP contribution in [0.25, 0.3) is 0 Å². The highest BCUT2D eigenvalue weighted by atomic mass is 79.9. The fourth-order valence-electron chi connectivity index (χ4n) is 1.90. The van der Waals surface area contributed by atoms with Gasteiger partial charge in [-0.05, 0) is 18.2 Å². The first kappa shape index (κ1) is 15.1. The number of methoxy groups -OCH3 is 2. The molecule has 0 heterocycles. The minimum atomic E-state index is -0.364. The van der Waals surface area contributed by atoms with Gasteiger partial charge in [0.25, 0.3) is 0 Å². The third-order valence-electron chi connectivity index (χ3n) is 2.95. The predicted octanol–water partition coefficient (Wildman–Crippen LogP) is 4.98. The van der Waals surface area contributed by atoms with E-state index in [1.54, 1.807) is 38.5 Å². The summed E-state index contributed by atoms with van der Waals surface area (Å²) in [5.41, 5.74) is 1.31. The van der Waals surface area contributed by atoms with Crippen LogP contribution in [0, 0.1) is 5.82 Å². The molecule has 0 saturated carbocycles. The second-order valence-electron chi connectivity index (χ2n) is 4.14. The maximum atomic E-state index is 14.0. The van der Waals surface area contributed by atoms with E-state index < -0.39 is 0 Å². The first-order valence-electron chi connectivity index (χ1n) is 5.87. The predicted molar refractivity (Wildman–Crippen MR) is 81.7 cm³/mol. The Morgan fingerprint density at radius 1 is 1.05 bits per heavy atom. The molecule has 2 rings (SSSR count). The number of hydrogen-bond donors (Lipinski definition) is 0. The van der Waals surface area contributed by atoms with Gasteiger partial charge >= 0.3 is 0 Å².